The summed E-state index contributed by atoms with van der Waals surface area (Å²) in [5.74, 6) is 0.520. The van der Waals surface area contributed by atoms with Gasteiger partial charge in [0.1, 0.15) is 0 Å². The average molecular weight is 306 g/mol. The van der Waals surface area contributed by atoms with Crippen molar-refractivity contribution in [3.05, 3.63) is 0 Å². The van der Waals surface area contributed by atoms with E-state index in [0.29, 0.717) is 31.7 Å². The van der Waals surface area contributed by atoms with Crippen molar-refractivity contribution in [1.82, 2.24) is 9.62 Å². The normalized spacial score (nSPS) is 19.6. The topological polar surface area (TPSA) is 58.6 Å². The standard InChI is InChI=1S/C14H30N2O3S/c1-11(2)15-10-12(3)20(17,18)16(8-9-19-5)13(4)14-6-7-14/h11-15H,6-10H2,1-5H3. The van der Waals surface area contributed by atoms with E-state index in [1.807, 2.05) is 20.8 Å². The minimum atomic E-state index is -3.28. The largest absolute Gasteiger partial charge is 0.383 e. The fourth-order valence-electron chi connectivity index (χ4n) is 2.30. The van der Waals surface area contributed by atoms with Gasteiger partial charge < -0.3 is 10.1 Å². The molecule has 5 nitrogen and oxygen atoms in total. The van der Waals surface area contributed by atoms with Gasteiger partial charge in [0, 0.05) is 32.3 Å². The molecule has 2 atom stereocenters. The van der Waals surface area contributed by atoms with E-state index in [1.165, 1.54) is 0 Å². The lowest BCUT2D eigenvalue weighted by Gasteiger charge is -2.31. The Labute approximate surface area is 124 Å². The second kappa shape index (κ2) is 7.73. The summed E-state index contributed by atoms with van der Waals surface area (Å²) in [6.45, 7) is 9.23. The van der Waals surface area contributed by atoms with E-state index in [1.54, 1.807) is 18.3 Å². The summed E-state index contributed by atoms with van der Waals surface area (Å²) in [5.41, 5.74) is 0. The molecule has 120 valence electrons. The van der Waals surface area contributed by atoms with E-state index in [-0.39, 0.29) is 6.04 Å². The molecule has 0 heterocycles. The third-order valence-corrected chi connectivity index (χ3v) is 6.28. The Kier molecular flexibility index (Phi) is 6.91. The Balaban J connectivity index is 2.74. The maximum absolute atomic E-state index is 12.8. The summed E-state index contributed by atoms with van der Waals surface area (Å²) >= 11 is 0. The highest BCUT2D eigenvalue weighted by atomic mass is 32.2. The van der Waals surface area contributed by atoms with Crippen LogP contribution >= 0.6 is 0 Å². The Morgan fingerprint density at radius 2 is 1.85 bits per heavy atom. The molecule has 0 saturated heterocycles. The fraction of sp³-hybridized carbons (Fsp3) is 1.00. The summed E-state index contributed by atoms with van der Waals surface area (Å²) in [5, 5.41) is 2.80. The zero-order chi connectivity index (χ0) is 15.3. The van der Waals surface area contributed by atoms with Crippen molar-refractivity contribution in [3.8, 4) is 0 Å². The summed E-state index contributed by atoms with van der Waals surface area (Å²) in [7, 11) is -1.67. The number of hydrogen-bond donors (Lipinski definition) is 1. The summed E-state index contributed by atoms with van der Waals surface area (Å²) in [6, 6.07) is 0.373. The first-order valence-corrected chi connectivity index (χ1v) is 9.04. The molecule has 6 heteroatoms. The molecule has 0 bridgehead atoms. The number of rotatable bonds is 10. The Hall–Kier alpha value is -0.170. The molecule has 0 aromatic heterocycles. The maximum atomic E-state index is 12.8. The third-order valence-electron chi connectivity index (χ3n) is 3.92. The van der Waals surface area contributed by atoms with E-state index in [2.05, 4.69) is 5.32 Å². The first kappa shape index (κ1) is 17.9. The van der Waals surface area contributed by atoms with Gasteiger partial charge >= 0.3 is 0 Å². The van der Waals surface area contributed by atoms with Gasteiger partial charge in [-0.25, -0.2) is 8.42 Å². The molecule has 1 N–H and O–H groups in total. The van der Waals surface area contributed by atoms with Gasteiger partial charge in [0.15, 0.2) is 0 Å². The van der Waals surface area contributed by atoms with Crippen LogP contribution in [0.3, 0.4) is 0 Å². The Morgan fingerprint density at radius 1 is 1.25 bits per heavy atom. The second-order valence-corrected chi connectivity index (χ2v) is 8.40. The maximum Gasteiger partial charge on any atom is 0.218 e. The van der Waals surface area contributed by atoms with Crippen molar-refractivity contribution >= 4 is 10.0 Å². The van der Waals surface area contributed by atoms with Crippen LogP contribution in [-0.2, 0) is 14.8 Å². The van der Waals surface area contributed by atoms with Crippen LogP contribution < -0.4 is 5.32 Å². The second-order valence-electron chi connectivity index (χ2n) is 6.10. The minimum Gasteiger partial charge on any atom is -0.383 e. The molecule has 0 aromatic rings. The Morgan fingerprint density at radius 3 is 2.30 bits per heavy atom. The summed E-state index contributed by atoms with van der Waals surface area (Å²) in [6.07, 6.45) is 2.28. The lowest BCUT2D eigenvalue weighted by Crippen LogP contribution is -2.48. The molecule has 1 fully saturated rings. The van der Waals surface area contributed by atoms with Crippen molar-refractivity contribution in [2.75, 3.05) is 26.8 Å². The van der Waals surface area contributed by atoms with E-state index < -0.39 is 15.3 Å². The van der Waals surface area contributed by atoms with Crippen LogP contribution in [0.5, 0.6) is 0 Å². The highest BCUT2D eigenvalue weighted by molar-refractivity contribution is 7.89. The van der Waals surface area contributed by atoms with Gasteiger partial charge in [-0.1, -0.05) is 13.8 Å². The summed E-state index contributed by atoms with van der Waals surface area (Å²) < 4.78 is 32.2. The van der Waals surface area contributed by atoms with Crippen molar-refractivity contribution in [3.63, 3.8) is 0 Å². The van der Waals surface area contributed by atoms with E-state index in [9.17, 15) is 8.42 Å². The SMILES string of the molecule is COCCN(C(C)C1CC1)S(=O)(=O)C(C)CNC(C)C. The number of sulfonamides is 1. The third kappa shape index (κ3) is 4.98. The van der Waals surface area contributed by atoms with Crippen LogP contribution in [0.1, 0.15) is 40.5 Å². The van der Waals surface area contributed by atoms with Crippen LogP contribution in [-0.4, -0.2) is 56.9 Å². The lowest BCUT2D eigenvalue weighted by atomic mass is 10.2. The van der Waals surface area contributed by atoms with Crippen LogP contribution in [0.15, 0.2) is 0 Å². The average Bonchev–Trinajstić information content (AvgIpc) is 3.19. The number of hydrogen-bond acceptors (Lipinski definition) is 4. The van der Waals surface area contributed by atoms with Gasteiger partial charge in [-0.05, 0) is 32.6 Å². The van der Waals surface area contributed by atoms with Gasteiger partial charge in [0.25, 0.3) is 0 Å². The molecule has 20 heavy (non-hydrogen) atoms. The molecule has 1 rings (SSSR count). The molecule has 0 amide bonds. The van der Waals surface area contributed by atoms with E-state index in [0.717, 1.165) is 12.8 Å². The van der Waals surface area contributed by atoms with E-state index in [4.69, 9.17) is 4.74 Å². The molecule has 0 spiro atoms. The predicted octanol–water partition coefficient (Wildman–Crippen LogP) is 1.45. The van der Waals surface area contributed by atoms with Gasteiger partial charge in [-0.3, -0.25) is 0 Å². The van der Waals surface area contributed by atoms with Gasteiger partial charge in [-0.15, -0.1) is 0 Å². The van der Waals surface area contributed by atoms with Gasteiger partial charge in [-0.2, -0.15) is 4.31 Å². The van der Waals surface area contributed by atoms with Crippen LogP contribution in [0, 0.1) is 5.92 Å². The first-order valence-electron chi connectivity index (χ1n) is 7.53. The molecule has 1 aliphatic rings. The minimum absolute atomic E-state index is 0.0802. The van der Waals surface area contributed by atoms with Gasteiger partial charge in [0.05, 0.1) is 11.9 Å². The fourth-order valence-corrected chi connectivity index (χ4v) is 4.03. The molecule has 1 aliphatic carbocycles. The number of methoxy groups -OCH3 is 1. The Bertz CT molecular complexity index is 380. The van der Waals surface area contributed by atoms with Crippen molar-refractivity contribution in [1.29, 1.82) is 0 Å². The number of nitrogens with one attached hydrogen (secondary N) is 1. The van der Waals surface area contributed by atoms with E-state index >= 15 is 0 Å². The van der Waals surface area contributed by atoms with Crippen LogP contribution in [0.2, 0.25) is 0 Å². The zero-order valence-electron chi connectivity index (χ0n) is 13.4. The predicted molar refractivity (Wildman–Crippen MR) is 82.3 cm³/mol. The molecule has 0 aliphatic heterocycles. The molecule has 0 aromatic carbocycles. The monoisotopic (exact) mass is 306 g/mol. The summed E-state index contributed by atoms with van der Waals surface area (Å²) in [4.78, 5) is 0. The number of nitrogens with zero attached hydrogens (tertiary/aromatic N) is 1. The van der Waals surface area contributed by atoms with Crippen molar-refractivity contribution in [2.45, 2.75) is 57.9 Å². The first-order chi connectivity index (χ1) is 9.30. The van der Waals surface area contributed by atoms with Crippen LogP contribution in [0.4, 0.5) is 0 Å². The zero-order valence-corrected chi connectivity index (χ0v) is 14.2. The van der Waals surface area contributed by atoms with Crippen molar-refractivity contribution in [2.24, 2.45) is 5.92 Å². The number of ether oxygens (including phenoxy) is 1. The van der Waals surface area contributed by atoms with Crippen molar-refractivity contribution < 1.29 is 13.2 Å². The van der Waals surface area contributed by atoms with Gasteiger partial charge in [0.2, 0.25) is 10.0 Å². The quantitative estimate of drug-likeness (QED) is 0.664. The highest BCUT2D eigenvalue weighted by Gasteiger charge is 2.39. The highest BCUT2D eigenvalue weighted by Crippen LogP contribution is 2.36. The van der Waals surface area contributed by atoms with Crippen LogP contribution in [0.25, 0.3) is 0 Å². The molecular formula is C14H30N2O3S. The molecule has 1 saturated carbocycles. The molecule has 2 unspecified atom stereocenters. The lowest BCUT2D eigenvalue weighted by molar-refractivity contribution is 0.163. The molecule has 0 radical (unpaired) electrons. The molecular weight excluding hydrogens is 276 g/mol. The smallest absolute Gasteiger partial charge is 0.218 e.